The van der Waals surface area contributed by atoms with Crippen LogP contribution in [0.25, 0.3) is 0 Å². The van der Waals surface area contributed by atoms with E-state index in [0.717, 1.165) is 6.07 Å². The first-order valence-corrected chi connectivity index (χ1v) is 3.63. The Morgan fingerprint density at radius 2 is 2.25 bits per heavy atom. The van der Waals surface area contributed by atoms with Crippen molar-refractivity contribution in [3.8, 4) is 0 Å². The van der Waals surface area contributed by atoms with E-state index in [1.165, 1.54) is 12.1 Å². The first kappa shape index (κ1) is 9.00. The van der Waals surface area contributed by atoms with Gasteiger partial charge in [0.05, 0.1) is 11.4 Å². The van der Waals surface area contributed by atoms with E-state index in [1.807, 2.05) is 0 Å². The molecule has 1 aromatic rings. The zero-order valence-corrected chi connectivity index (χ0v) is 6.81. The molecule has 1 rings (SSSR count). The van der Waals surface area contributed by atoms with Crippen molar-refractivity contribution in [3.05, 3.63) is 34.6 Å². The number of carboxylic acid groups (broad SMARTS) is 1. The average molecular weight is 189 g/mol. The summed E-state index contributed by atoms with van der Waals surface area (Å²) in [6.07, 6.45) is -0.139. The Balaban J connectivity index is 2.89. The fourth-order valence-electron chi connectivity index (χ4n) is 0.824. The minimum atomic E-state index is -0.960. The number of hydrogen-bond donors (Lipinski definition) is 1. The van der Waals surface area contributed by atoms with E-state index in [1.54, 1.807) is 0 Å². The summed E-state index contributed by atoms with van der Waals surface area (Å²) in [4.78, 5) is 10.2. The highest BCUT2D eigenvalue weighted by atomic mass is 35.5. The molecule has 1 aromatic carbocycles. The predicted molar refractivity (Wildman–Crippen MR) is 42.7 cm³/mol. The van der Waals surface area contributed by atoms with Gasteiger partial charge in [0, 0.05) is 0 Å². The van der Waals surface area contributed by atoms with Crippen molar-refractivity contribution < 1.29 is 14.3 Å². The quantitative estimate of drug-likeness (QED) is 0.772. The van der Waals surface area contributed by atoms with Crippen LogP contribution in [0, 0.1) is 5.82 Å². The number of halogens is 2. The van der Waals surface area contributed by atoms with Gasteiger partial charge in [-0.3, -0.25) is 4.79 Å². The molecule has 0 aliphatic carbocycles. The van der Waals surface area contributed by atoms with E-state index in [2.05, 4.69) is 0 Å². The highest BCUT2D eigenvalue weighted by Crippen LogP contribution is 2.16. The summed E-state index contributed by atoms with van der Waals surface area (Å²) >= 11 is 5.43. The zero-order chi connectivity index (χ0) is 9.14. The minimum Gasteiger partial charge on any atom is -0.481 e. The summed E-state index contributed by atoms with van der Waals surface area (Å²) in [5.41, 5.74) is 0.494. The Hall–Kier alpha value is -1.09. The van der Waals surface area contributed by atoms with E-state index in [-0.39, 0.29) is 11.4 Å². The summed E-state index contributed by atoms with van der Waals surface area (Å²) in [5, 5.41) is 8.34. The van der Waals surface area contributed by atoms with E-state index < -0.39 is 11.8 Å². The molecule has 0 radical (unpaired) electrons. The molecule has 0 atom stereocenters. The first-order valence-electron chi connectivity index (χ1n) is 3.25. The summed E-state index contributed by atoms with van der Waals surface area (Å²) < 4.78 is 12.6. The third kappa shape index (κ3) is 2.20. The predicted octanol–water partition coefficient (Wildman–Crippen LogP) is 2.11. The lowest BCUT2D eigenvalue weighted by molar-refractivity contribution is -0.136. The second-order valence-corrected chi connectivity index (χ2v) is 2.73. The van der Waals surface area contributed by atoms with Crippen LogP contribution in [-0.2, 0) is 11.2 Å². The largest absolute Gasteiger partial charge is 0.481 e. The second kappa shape index (κ2) is 3.54. The first-order chi connectivity index (χ1) is 5.59. The summed E-state index contributed by atoms with van der Waals surface area (Å²) in [5.74, 6) is -1.50. The summed E-state index contributed by atoms with van der Waals surface area (Å²) in [6, 6.07) is 3.86. The molecule has 0 aromatic heterocycles. The number of benzene rings is 1. The van der Waals surface area contributed by atoms with Crippen molar-refractivity contribution >= 4 is 17.6 Å². The third-order valence-electron chi connectivity index (χ3n) is 1.34. The van der Waals surface area contributed by atoms with Gasteiger partial charge in [-0.1, -0.05) is 17.7 Å². The zero-order valence-electron chi connectivity index (χ0n) is 6.05. The highest BCUT2D eigenvalue weighted by Gasteiger charge is 2.03. The fourth-order valence-corrected chi connectivity index (χ4v) is 1.03. The number of hydrogen-bond acceptors (Lipinski definition) is 1. The number of carbonyl (C=O) groups is 1. The van der Waals surface area contributed by atoms with Gasteiger partial charge in [-0.15, -0.1) is 0 Å². The lowest BCUT2D eigenvalue weighted by Gasteiger charge is -1.97. The van der Waals surface area contributed by atoms with Crippen LogP contribution in [0.4, 0.5) is 4.39 Å². The van der Waals surface area contributed by atoms with Crippen molar-refractivity contribution in [1.29, 1.82) is 0 Å². The molecule has 0 fully saturated rings. The molecule has 0 spiro atoms. The molecule has 0 bridgehead atoms. The molecule has 64 valence electrons. The average Bonchev–Trinajstić information content (AvgIpc) is 1.96. The maximum atomic E-state index is 12.6. The summed E-state index contributed by atoms with van der Waals surface area (Å²) in [6.45, 7) is 0. The highest BCUT2D eigenvalue weighted by molar-refractivity contribution is 6.30. The molecule has 12 heavy (non-hydrogen) atoms. The number of aliphatic carboxylic acids is 1. The Bertz CT molecular complexity index is 312. The summed E-state index contributed by atoms with van der Waals surface area (Å²) in [7, 11) is 0. The van der Waals surface area contributed by atoms with E-state index in [4.69, 9.17) is 16.7 Å². The maximum absolute atomic E-state index is 12.6. The number of rotatable bonds is 2. The van der Waals surface area contributed by atoms with Gasteiger partial charge in [-0.2, -0.15) is 0 Å². The van der Waals surface area contributed by atoms with Gasteiger partial charge in [0.25, 0.3) is 0 Å². The monoisotopic (exact) mass is 188 g/mol. The molecule has 0 amide bonds. The smallest absolute Gasteiger partial charge is 0.307 e. The molecule has 0 aliphatic rings. The Kier molecular flexibility index (Phi) is 2.65. The minimum absolute atomic E-state index is 0.0475. The topological polar surface area (TPSA) is 37.3 Å². The van der Waals surface area contributed by atoms with Crippen LogP contribution in [0.3, 0.4) is 0 Å². The van der Waals surface area contributed by atoms with Gasteiger partial charge in [0.1, 0.15) is 5.82 Å². The standard InChI is InChI=1S/C8H6ClFO2/c9-6-3-5(4-8(11)12)1-2-7(6)10/h1-3H,4H2,(H,11,12). The van der Waals surface area contributed by atoms with Crippen molar-refractivity contribution in [1.82, 2.24) is 0 Å². The van der Waals surface area contributed by atoms with Crippen LogP contribution in [0.15, 0.2) is 18.2 Å². The van der Waals surface area contributed by atoms with Crippen LogP contribution in [0.2, 0.25) is 5.02 Å². The van der Waals surface area contributed by atoms with Gasteiger partial charge in [0.2, 0.25) is 0 Å². The molecule has 1 N–H and O–H groups in total. The molecule has 0 unspecified atom stereocenters. The van der Waals surface area contributed by atoms with E-state index >= 15 is 0 Å². The maximum Gasteiger partial charge on any atom is 0.307 e. The van der Waals surface area contributed by atoms with Gasteiger partial charge in [-0.05, 0) is 17.7 Å². The Morgan fingerprint density at radius 3 is 2.75 bits per heavy atom. The van der Waals surface area contributed by atoms with E-state index in [9.17, 15) is 9.18 Å². The molecular formula is C8H6ClFO2. The Labute approximate surface area is 73.6 Å². The van der Waals surface area contributed by atoms with Gasteiger partial charge in [0.15, 0.2) is 0 Å². The van der Waals surface area contributed by atoms with Crippen LogP contribution in [0.5, 0.6) is 0 Å². The SMILES string of the molecule is O=C(O)Cc1ccc(F)c(Cl)c1. The van der Waals surface area contributed by atoms with Gasteiger partial charge >= 0.3 is 5.97 Å². The van der Waals surface area contributed by atoms with Crippen molar-refractivity contribution in [2.24, 2.45) is 0 Å². The lowest BCUT2D eigenvalue weighted by Crippen LogP contribution is -1.99. The van der Waals surface area contributed by atoms with Crippen LogP contribution in [0.1, 0.15) is 5.56 Å². The second-order valence-electron chi connectivity index (χ2n) is 2.32. The molecule has 0 saturated carbocycles. The van der Waals surface area contributed by atoms with E-state index in [0.29, 0.717) is 5.56 Å². The third-order valence-corrected chi connectivity index (χ3v) is 1.63. The van der Waals surface area contributed by atoms with Crippen LogP contribution >= 0.6 is 11.6 Å². The molecule has 0 heterocycles. The normalized spacial score (nSPS) is 9.83. The van der Waals surface area contributed by atoms with Gasteiger partial charge < -0.3 is 5.11 Å². The Morgan fingerprint density at radius 1 is 1.58 bits per heavy atom. The van der Waals surface area contributed by atoms with Crippen LogP contribution < -0.4 is 0 Å². The van der Waals surface area contributed by atoms with Crippen molar-refractivity contribution in [2.45, 2.75) is 6.42 Å². The lowest BCUT2D eigenvalue weighted by atomic mass is 10.1. The molecule has 0 saturated heterocycles. The van der Waals surface area contributed by atoms with Crippen molar-refractivity contribution in [3.63, 3.8) is 0 Å². The molecule has 0 aliphatic heterocycles. The van der Waals surface area contributed by atoms with Crippen LogP contribution in [-0.4, -0.2) is 11.1 Å². The molecular weight excluding hydrogens is 183 g/mol. The fraction of sp³-hybridized carbons (Fsp3) is 0.125. The molecule has 4 heteroatoms. The van der Waals surface area contributed by atoms with Crippen molar-refractivity contribution in [2.75, 3.05) is 0 Å². The number of carboxylic acids is 1. The molecule has 2 nitrogen and oxygen atoms in total. The van der Waals surface area contributed by atoms with Gasteiger partial charge in [-0.25, -0.2) is 4.39 Å².